The Kier molecular flexibility index (Phi) is 4.84. The maximum absolute atomic E-state index is 13.0. The standard InChI is InChI=1S/C14H21FN2O/c1-14(2,10-16)8-13(18)17(3)9-11-5-4-6-12(15)7-11/h4-7H,8-10,16H2,1-3H3. The van der Waals surface area contributed by atoms with Crippen molar-refractivity contribution in [2.24, 2.45) is 11.1 Å². The average molecular weight is 252 g/mol. The number of carbonyl (C=O) groups excluding carboxylic acids is 1. The van der Waals surface area contributed by atoms with Gasteiger partial charge in [0.2, 0.25) is 5.91 Å². The highest BCUT2D eigenvalue weighted by atomic mass is 19.1. The van der Waals surface area contributed by atoms with Gasteiger partial charge in [0.15, 0.2) is 0 Å². The molecule has 1 amide bonds. The highest BCUT2D eigenvalue weighted by molar-refractivity contribution is 5.76. The van der Waals surface area contributed by atoms with Crippen LogP contribution in [0.5, 0.6) is 0 Å². The van der Waals surface area contributed by atoms with E-state index in [4.69, 9.17) is 5.73 Å². The van der Waals surface area contributed by atoms with Crippen molar-refractivity contribution >= 4 is 5.91 Å². The van der Waals surface area contributed by atoms with Crippen molar-refractivity contribution in [3.05, 3.63) is 35.6 Å². The first-order valence-electron chi connectivity index (χ1n) is 6.02. The van der Waals surface area contributed by atoms with Crippen molar-refractivity contribution in [3.63, 3.8) is 0 Å². The number of halogens is 1. The molecule has 100 valence electrons. The quantitative estimate of drug-likeness (QED) is 0.873. The van der Waals surface area contributed by atoms with Gasteiger partial charge in [-0.1, -0.05) is 26.0 Å². The van der Waals surface area contributed by atoms with Gasteiger partial charge in [0, 0.05) is 20.0 Å². The van der Waals surface area contributed by atoms with Crippen LogP contribution in [0.3, 0.4) is 0 Å². The Morgan fingerprint density at radius 1 is 1.44 bits per heavy atom. The molecule has 0 unspecified atom stereocenters. The van der Waals surface area contributed by atoms with Crippen LogP contribution in [0, 0.1) is 11.2 Å². The zero-order chi connectivity index (χ0) is 13.8. The Hall–Kier alpha value is -1.42. The van der Waals surface area contributed by atoms with Crippen LogP contribution in [0.1, 0.15) is 25.8 Å². The third-order valence-electron chi connectivity index (χ3n) is 2.92. The predicted molar refractivity (Wildman–Crippen MR) is 70.3 cm³/mol. The maximum atomic E-state index is 13.0. The van der Waals surface area contributed by atoms with Gasteiger partial charge in [-0.2, -0.15) is 0 Å². The molecule has 0 heterocycles. The Morgan fingerprint density at radius 2 is 2.11 bits per heavy atom. The van der Waals surface area contributed by atoms with E-state index in [1.54, 1.807) is 24.1 Å². The number of carbonyl (C=O) groups is 1. The van der Waals surface area contributed by atoms with Crippen molar-refractivity contribution in [2.45, 2.75) is 26.8 Å². The minimum atomic E-state index is -0.282. The lowest BCUT2D eigenvalue weighted by Gasteiger charge is -2.25. The number of hydrogen-bond acceptors (Lipinski definition) is 2. The number of benzene rings is 1. The Bertz CT molecular complexity index is 418. The van der Waals surface area contributed by atoms with Gasteiger partial charge >= 0.3 is 0 Å². The first kappa shape index (κ1) is 14.6. The van der Waals surface area contributed by atoms with Gasteiger partial charge in [0.25, 0.3) is 0 Å². The second-order valence-corrected chi connectivity index (χ2v) is 5.42. The summed E-state index contributed by atoms with van der Waals surface area (Å²) in [6.07, 6.45) is 0.398. The molecule has 2 N–H and O–H groups in total. The van der Waals surface area contributed by atoms with Gasteiger partial charge in [-0.05, 0) is 29.7 Å². The summed E-state index contributed by atoms with van der Waals surface area (Å²) in [4.78, 5) is 13.6. The van der Waals surface area contributed by atoms with E-state index < -0.39 is 0 Å². The van der Waals surface area contributed by atoms with Gasteiger partial charge in [-0.15, -0.1) is 0 Å². The van der Waals surface area contributed by atoms with Crippen LogP contribution in [-0.4, -0.2) is 24.4 Å². The molecule has 1 aromatic carbocycles. The number of hydrogen-bond donors (Lipinski definition) is 1. The Labute approximate surface area is 108 Å². The fourth-order valence-electron chi connectivity index (χ4n) is 1.61. The van der Waals surface area contributed by atoms with Crippen LogP contribution >= 0.6 is 0 Å². The van der Waals surface area contributed by atoms with E-state index in [1.165, 1.54) is 12.1 Å². The van der Waals surface area contributed by atoms with E-state index in [9.17, 15) is 9.18 Å². The first-order valence-corrected chi connectivity index (χ1v) is 6.02. The summed E-state index contributed by atoms with van der Waals surface area (Å²) in [6, 6.07) is 6.29. The second kappa shape index (κ2) is 5.96. The molecule has 0 aliphatic heterocycles. The topological polar surface area (TPSA) is 46.3 Å². The van der Waals surface area contributed by atoms with Crippen LogP contribution in [0.2, 0.25) is 0 Å². The summed E-state index contributed by atoms with van der Waals surface area (Å²) in [7, 11) is 1.72. The van der Waals surface area contributed by atoms with E-state index in [-0.39, 0.29) is 17.1 Å². The molecule has 0 saturated carbocycles. The number of nitrogens with two attached hydrogens (primary N) is 1. The van der Waals surface area contributed by atoms with Crippen molar-refractivity contribution < 1.29 is 9.18 Å². The van der Waals surface area contributed by atoms with Gasteiger partial charge in [0.1, 0.15) is 5.82 Å². The van der Waals surface area contributed by atoms with Crippen molar-refractivity contribution in [3.8, 4) is 0 Å². The van der Waals surface area contributed by atoms with E-state index >= 15 is 0 Å². The maximum Gasteiger partial charge on any atom is 0.223 e. The Balaban J connectivity index is 2.60. The molecule has 0 aliphatic carbocycles. The molecule has 3 nitrogen and oxygen atoms in total. The number of rotatable bonds is 5. The third kappa shape index (κ3) is 4.45. The van der Waals surface area contributed by atoms with E-state index in [0.717, 1.165) is 5.56 Å². The molecule has 0 aliphatic rings. The van der Waals surface area contributed by atoms with E-state index in [0.29, 0.717) is 19.5 Å². The molecule has 0 spiro atoms. The second-order valence-electron chi connectivity index (χ2n) is 5.42. The molecule has 0 radical (unpaired) electrons. The monoisotopic (exact) mass is 252 g/mol. The molecule has 1 aromatic rings. The SMILES string of the molecule is CN(Cc1cccc(F)c1)C(=O)CC(C)(C)CN. The lowest BCUT2D eigenvalue weighted by Crippen LogP contribution is -2.34. The van der Waals surface area contributed by atoms with Gasteiger partial charge in [0.05, 0.1) is 0 Å². The summed E-state index contributed by atoms with van der Waals surface area (Å²) in [5.74, 6) is -0.259. The summed E-state index contributed by atoms with van der Waals surface area (Å²) in [5, 5.41) is 0. The van der Waals surface area contributed by atoms with Crippen molar-refractivity contribution in [1.29, 1.82) is 0 Å². The molecule has 4 heteroatoms. The predicted octanol–water partition coefficient (Wildman–Crippen LogP) is 2.16. The minimum absolute atomic E-state index is 0.0229. The molecule has 0 aromatic heterocycles. The molecule has 18 heavy (non-hydrogen) atoms. The van der Waals surface area contributed by atoms with Crippen molar-refractivity contribution in [1.82, 2.24) is 4.90 Å². The molecule has 0 saturated heterocycles. The third-order valence-corrected chi connectivity index (χ3v) is 2.92. The fourth-order valence-corrected chi connectivity index (χ4v) is 1.61. The molecule has 1 rings (SSSR count). The summed E-state index contributed by atoms with van der Waals surface area (Å²) >= 11 is 0. The lowest BCUT2D eigenvalue weighted by atomic mass is 9.89. The Morgan fingerprint density at radius 3 is 2.67 bits per heavy atom. The van der Waals surface area contributed by atoms with Crippen LogP contribution in [0.25, 0.3) is 0 Å². The van der Waals surface area contributed by atoms with Crippen LogP contribution in [-0.2, 0) is 11.3 Å². The summed E-state index contributed by atoms with van der Waals surface area (Å²) in [6.45, 7) is 4.80. The highest BCUT2D eigenvalue weighted by Gasteiger charge is 2.22. The highest BCUT2D eigenvalue weighted by Crippen LogP contribution is 2.19. The fraction of sp³-hybridized carbons (Fsp3) is 0.500. The molecule has 0 fully saturated rings. The van der Waals surface area contributed by atoms with Crippen molar-refractivity contribution in [2.75, 3.05) is 13.6 Å². The normalized spacial score (nSPS) is 11.4. The van der Waals surface area contributed by atoms with Crippen LogP contribution in [0.4, 0.5) is 4.39 Å². The van der Waals surface area contributed by atoms with Gasteiger partial charge in [-0.3, -0.25) is 4.79 Å². The van der Waals surface area contributed by atoms with E-state index in [2.05, 4.69) is 0 Å². The molecular weight excluding hydrogens is 231 g/mol. The minimum Gasteiger partial charge on any atom is -0.341 e. The summed E-state index contributed by atoms with van der Waals surface area (Å²) in [5.41, 5.74) is 6.19. The van der Waals surface area contributed by atoms with E-state index in [1.807, 2.05) is 13.8 Å². The zero-order valence-electron chi connectivity index (χ0n) is 11.2. The smallest absolute Gasteiger partial charge is 0.223 e. The van der Waals surface area contributed by atoms with Gasteiger partial charge < -0.3 is 10.6 Å². The number of nitrogens with zero attached hydrogens (tertiary/aromatic N) is 1. The largest absolute Gasteiger partial charge is 0.341 e. The van der Waals surface area contributed by atoms with Crippen LogP contribution < -0.4 is 5.73 Å². The van der Waals surface area contributed by atoms with Crippen LogP contribution in [0.15, 0.2) is 24.3 Å². The lowest BCUT2D eigenvalue weighted by molar-refractivity contribution is -0.132. The molecule has 0 bridgehead atoms. The van der Waals surface area contributed by atoms with Gasteiger partial charge in [-0.25, -0.2) is 4.39 Å². The first-order chi connectivity index (χ1) is 8.34. The average Bonchev–Trinajstić information content (AvgIpc) is 2.28. The molecule has 0 atom stereocenters. The molecular formula is C14H21FN2O. The summed E-state index contributed by atoms with van der Waals surface area (Å²) < 4.78 is 13.0. The zero-order valence-corrected chi connectivity index (χ0v) is 11.2. The number of amides is 1.